The zero-order valence-corrected chi connectivity index (χ0v) is 12.5. The Morgan fingerprint density at radius 3 is 2.52 bits per heavy atom. The van der Waals surface area contributed by atoms with E-state index in [-0.39, 0.29) is 18.0 Å². The number of nitrogens with one attached hydrogen (secondary N) is 1. The second-order valence-electron chi connectivity index (χ2n) is 4.17. The highest BCUT2D eigenvalue weighted by Gasteiger charge is 2.29. The van der Waals surface area contributed by atoms with Crippen molar-refractivity contribution >= 4 is 11.6 Å². The predicted molar refractivity (Wildman–Crippen MR) is 73.1 cm³/mol. The smallest absolute Gasteiger partial charge is 0.422 e. The number of ether oxygens (including phenoxy) is 3. The lowest BCUT2D eigenvalue weighted by Gasteiger charge is -2.17. The predicted octanol–water partition coefficient (Wildman–Crippen LogP) is 3.03. The maximum absolute atomic E-state index is 12.3. The van der Waals surface area contributed by atoms with Crippen molar-refractivity contribution in [2.45, 2.75) is 12.7 Å². The van der Waals surface area contributed by atoms with Crippen molar-refractivity contribution in [3.8, 4) is 11.5 Å². The molecule has 0 spiro atoms. The summed E-state index contributed by atoms with van der Waals surface area (Å²) < 4.78 is 51.7. The van der Waals surface area contributed by atoms with Gasteiger partial charge in [0.25, 0.3) is 0 Å². The largest absolute Gasteiger partial charge is 0.493 e. The van der Waals surface area contributed by atoms with Crippen LogP contribution in [0.25, 0.3) is 0 Å². The van der Waals surface area contributed by atoms with Gasteiger partial charge in [0.1, 0.15) is 0 Å². The van der Waals surface area contributed by atoms with Gasteiger partial charge in [-0.15, -0.1) is 0 Å². The fourth-order valence-corrected chi connectivity index (χ4v) is 1.85. The van der Waals surface area contributed by atoms with Gasteiger partial charge in [-0.2, -0.15) is 13.2 Å². The van der Waals surface area contributed by atoms with E-state index < -0.39 is 12.8 Å². The molecule has 1 rings (SSSR count). The second-order valence-corrected chi connectivity index (χ2v) is 4.61. The molecule has 1 aromatic carbocycles. The lowest BCUT2D eigenvalue weighted by molar-refractivity contribution is -0.153. The van der Waals surface area contributed by atoms with Gasteiger partial charge in [-0.25, -0.2) is 0 Å². The van der Waals surface area contributed by atoms with Gasteiger partial charge < -0.3 is 19.5 Å². The Bertz CT molecular complexity index is 455. The van der Waals surface area contributed by atoms with Gasteiger partial charge in [-0.1, -0.05) is 11.6 Å². The second kappa shape index (κ2) is 8.31. The first kappa shape index (κ1) is 17.9. The molecular formula is C13H17ClF3NO3. The summed E-state index contributed by atoms with van der Waals surface area (Å²) >= 11 is 5.92. The van der Waals surface area contributed by atoms with Crippen LogP contribution in [0.3, 0.4) is 0 Å². The van der Waals surface area contributed by atoms with E-state index in [2.05, 4.69) is 5.32 Å². The Morgan fingerprint density at radius 2 is 1.95 bits per heavy atom. The molecule has 0 aliphatic rings. The van der Waals surface area contributed by atoms with Crippen LogP contribution in [0.5, 0.6) is 11.5 Å². The highest BCUT2D eigenvalue weighted by Crippen LogP contribution is 2.35. The maximum atomic E-state index is 12.3. The van der Waals surface area contributed by atoms with Gasteiger partial charge in [0.15, 0.2) is 18.1 Å². The van der Waals surface area contributed by atoms with Crippen LogP contribution in [0.2, 0.25) is 5.02 Å². The molecule has 0 fully saturated rings. The molecule has 0 unspecified atom stereocenters. The average molecular weight is 328 g/mol. The number of methoxy groups -OCH3 is 2. The van der Waals surface area contributed by atoms with Crippen molar-refractivity contribution in [2.75, 3.05) is 34.0 Å². The van der Waals surface area contributed by atoms with Crippen molar-refractivity contribution < 1.29 is 27.4 Å². The summed E-state index contributed by atoms with van der Waals surface area (Å²) in [6.45, 7) is -0.0793. The van der Waals surface area contributed by atoms with Crippen LogP contribution in [-0.4, -0.2) is 40.2 Å². The van der Waals surface area contributed by atoms with Crippen LogP contribution in [-0.2, 0) is 11.3 Å². The Hall–Kier alpha value is -1.18. The SMILES string of the molecule is COCCNCc1cc(Cl)cc(OC)c1OCC(F)(F)F. The molecule has 120 valence electrons. The quantitative estimate of drug-likeness (QED) is 0.745. The topological polar surface area (TPSA) is 39.7 Å². The van der Waals surface area contributed by atoms with Gasteiger partial charge >= 0.3 is 6.18 Å². The molecule has 0 heterocycles. The lowest BCUT2D eigenvalue weighted by Crippen LogP contribution is -2.22. The zero-order chi connectivity index (χ0) is 15.9. The number of alkyl halides is 3. The van der Waals surface area contributed by atoms with E-state index >= 15 is 0 Å². The van der Waals surface area contributed by atoms with Crippen LogP contribution in [0.15, 0.2) is 12.1 Å². The monoisotopic (exact) mass is 327 g/mol. The molecule has 0 bridgehead atoms. The molecule has 0 aliphatic carbocycles. The average Bonchev–Trinajstić information content (AvgIpc) is 2.40. The Morgan fingerprint density at radius 1 is 1.24 bits per heavy atom. The first-order valence-electron chi connectivity index (χ1n) is 6.13. The maximum Gasteiger partial charge on any atom is 0.422 e. The van der Waals surface area contributed by atoms with Gasteiger partial charge in [0, 0.05) is 36.9 Å². The third-order valence-electron chi connectivity index (χ3n) is 2.50. The lowest BCUT2D eigenvalue weighted by atomic mass is 10.2. The van der Waals surface area contributed by atoms with Crippen LogP contribution < -0.4 is 14.8 Å². The third kappa shape index (κ3) is 6.41. The van der Waals surface area contributed by atoms with E-state index in [1.54, 1.807) is 7.11 Å². The summed E-state index contributed by atoms with van der Waals surface area (Å²) in [7, 11) is 2.90. The van der Waals surface area contributed by atoms with Crippen molar-refractivity contribution in [3.63, 3.8) is 0 Å². The van der Waals surface area contributed by atoms with Crippen LogP contribution in [0.4, 0.5) is 13.2 Å². The molecule has 21 heavy (non-hydrogen) atoms. The fourth-order valence-electron chi connectivity index (χ4n) is 1.62. The van der Waals surface area contributed by atoms with Crippen molar-refractivity contribution in [1.29, 1.82) is 0 Å². The van der Waals surface area contributed by atoms with Crippen LogP contribution >= 0.6 is 11.6 Å². The van der Waals surface area contributed by atoms with Gasteiger partial charge in [0.05, 0.1) is 13.7 Å². The van der Waals surface area contributed by atoms with Gasteiger partial charge in [0.2, 0.25) is 0 Å². The number of benzene rings is 1. The summed E-state index contributed by atoms with van der Waals surface area (Å²) in [6.07, 6.45) is -4.43. The molecule has 0 aliphatic heterocycles. The van der Waals surface area contributed by atoms with E-state index in [9.17, 15) is 13.2 Å². The van der Waals surface area contributed by atoms with Crippen molar-refractivity contribution in [1.82, 2.24) is 5.32 Å². The molecule has 8 heteroatoms. The standard InChI is InChI=1S/C13H17ClF3NO3/c1-19-4-3-18-7-9-5-10(14)6-11(20-2)12(9)21-8-13(15,16)17/h5-6,18H,3-4,7-8H2,1-2H3. The summed E-state index contributed by atoms with van der Waals surface area (Å²) in [5.74, 6) is 0.194. The minimum Gasteiger partial charge on any atom is -0.493 e. The molecule has 0 saturated heterocycles. The number of hydrogen-bond donors (Lipinski definition) is 1. The molecule has 0 amide bonds. The Labute approximate surface area is 126 Å². The minimum atomic E-state index is -4.43. The summed E-state index contributed by atoms with van der Waals surface area (Å²) in [5.41, 5.74) is 0.486. The molecular weight excluding hydrogens is 311 g/mol. The molecule has 0 atom stereocenters. The first-order chi connectivity index (χ1) is 9.87. The molecule has 1 N–H and O–H groups in total. The highest BCUT2D eigenvalue weighted by molar-refractivity contribution is 6.30. The minimum absolute atomic E-state index is 0.0316. The van der Waals surface area contributed by atoms with Crippen LogP contribution in [0, 0.1) is 0 Å². The highest BCUT2D eigenvalue weighted by atomic mass is 35.5. The van der Waals surface area contributed by atoms with Crippen molar-refractivity contribution in [3.05, 3.63) is 22.7 Å². The first-order valence-corrected chi connectivity index (χ1v) is 6.50. The van der Waals surface area contributed by atoms with Crippen LogP contribution in [0.1, 0.15) is 5.56 Å². The van der Waals surface area contributed by atoms with Crippen molar-refractivity contribution in [2.24, 2.45) is 0 Å². The number of hydrogen-bond acceptors (Lipinski definition) is 4. The summed E-state index contributed by atoms with van der Waals surface area (Å²) in [4.78, 5) is 0. The zero-order valence-electron chi connectivity index (χ0n) is 11.7. The normalized spacial score (nSPS) is 11.5. The molecule has 0 aromatic heterocycles. The molecule has 0 radical (unpaired) electrons. The van der Waals surface area contributed by atoms with E-state index in [0.717, 1.165) is 0 Å². The van der Waals surface area contributed by atoms with E-state index in [0.29, 0.717) is 23.7 Å². The molecule has 1 aromatic rings. The molecule has 4 nitrogen and oxygen atoms in total. The summed E-state index contributed by atoms with van der Waals surface area (Å²) in [5, 5.41) is 3.37. The van der Waals surface area contributed by atoms with E-state index in [4.69, 9.17) is 25.8 Å². The Kier molecular flexibility index (Phi) is 7.07. The van der Waals surface area contributed by atoms with Gasteiger partial charge in [-0.05, 0) is 6.07 Å². The number of halogens is 4. The third-order valence-corrected chi connectivity index (χ3v) is 2.71. The van der Waals surface area contributed by atoms with Gasteiger partial charge in [-0.3, -0.25) is 0 Å². The summed E-state index contributed by atoms with van der Waals surface area (Å²) in [6, 6.07) is 2.95. The van der Waals surface area contributed by atoms with E-state index in [1.165, 1.54) is 19.2 Å². The van der Waals surface area contributed by atoms with E-state index in [1.807, 2.05) is 0 Å². The fraction of sp³-hybridized carbons (Fsp3) is 0.538. The molecule has 0 saturated carbocycles. The Balaban J connectivity index is 2.89. The number of rotatable bonds is 8.